The minimum atomic E-state index is -1.19. The van der Waals surface area contributed by atoms with Crippen molar-refractivity contribution in [3.8, 4) is 0 Å². The molecule has 0 heterocycles. The highest BCUT2D eigenvalue weighted by atomic mass is 19.1. The molecule has 0 atom stereocenters. The molecule has 0 aromatic heterocycles. The van der Waals surface area contributed by atoms with Gasteiger partial charge in [-0.1, -0.05) is 25.0 Å². The summed E-state index contributed by atoms with van der Waals surface area (Å²) in [5.41, 5.74) is -1.28. The summed E-state index contributed by atoms with van der Waals surface area (Å²) >= 11 is 0. The summed E-state index contributed by atoms with van der Waals surface area (Å²) in [6.07, 6.45) is 2.29. The van der Waals surface area contributed by atoms with Gasteiger partial charge in [-0.25, -0.2) is 9.18 Å². The molecule has 0 spiro atoms. The van der Waals surface area contributed by atoms with Crippen LogP contribution in [0.2, 0.25) is 0 Å². The number of rotatable bonds is 6. The van der Waals surface area contributed by atoms with Gasteiger partial charge in [0.2, 0.25) is 5.91 Å². The van der Waals surface area contributed by atoms with Crippen LogP contribution in [0.3, 0.4) is 0 Å². The van der Waals surface area contributed by atoms with Crippen molar-refractivity contribution in [2.45, 2.75) is 37.6 Å². The number of hydrogen-bond donors (Lipinski definition) is 3. The van der Waals surface area contributed by atoms with E-state index in [0.29, 0.717) is 12.8 Å². The van der Waals surface area contributed by atoms with Crippen molar-refractivity contribution in [2.24, 2.45) is 0 Å². The maximum Gasteiger partial charge on any atom is 0.329 e. The molecule has 0 aliphatic heterocycles. The number of carbonyl (C=O) groups excluding carboxylic acids is 2. The fourth-order valence-corrected chi connectivity index (χ4v) is 2.73. The first-order chi connectivity index (χ1) is 10.9. The lowest BCUT2D eigenvalue weighted by molar-refractivity contribution is -0.147. The lowest BCUT2D eigenvalue weighted by Gasteiger charge is -2.25. The molecule has 1 saturated carbocycles. The average Bonchev–Trinajstić information content (AvgIpc) is 2.97. The molecular formula is C16H19FN2O4. The molecule has 2 amide bonds. The molecule has 1 aromatic rings. The number of benzene rings is 1. The van der Waals surface area contributed by atoms with E-state index in [9.17, 15) is 23.9 Å². The number of carboxylic acids is 1. The molecule has 0 bridgehead atoms. The monoisotopic (exact) mass is 322 g/mol. The van der Waals surface area contributed by atoms with E-state index in [1.54, 1.807) is 6.07 Å². The van der Waals surface area contributed by atoms with Crippen LogP contribution >= 0.6 is 0 Å². The second kappa shape index (κ2) is 7.21. The van der Waals surface area contributed by atoms with Crippen molar-refractivity contribution >= 4 is 17.8 Å². The molecule has 6 nitrogen and oxygen atoms in total. The van der Waals surface area contributed by atoms with Crippen molar-refractivity contribution in [3.05, 3.63) is 35.6 Å². The predicted octanol–water partition coefficient (Wildman–Crippen LogP) is 1.46. The SMILES string of the molecule is O=C(CCNC(=O)c1ccccc1F)NC1(C(=O)O)CCCC1. The summed E-state index contributed by atoms with van der Waals surface area (Å²) in [5, 5.41) is 14.3. The van der Waals surface area contributed by atoms with Crippen LogP contribution < -0.4 is 10.6 Å². The Morgan fingerprint density at radius 3 is 2.43 bits per heavy atom. The lowest BCUT2D eigenvalue weighted by Crippen LogP contribution is -2.52. The summed E-state index contributed by atoms with van der Waals surface area (Å²) in [4.78, 5) is 35.0. The molecule has 1 aromatic carbocycles. The van der Waals surface area contributed by atoms with Crippen molar-refractivity contribution in [1.82, 2.24) is 10.6 Å². The van der Waals surface area contributed by atoms with E-state index >= 15 is 0 Å². The number of hydrogen-bond acceptors (Lipinski definition) is 3. The van der Waals surface area contributed by atoms with Gasteiger partial charge in [0, 0.05) is 13.0 Å². The zero-order valence-corrected chi connectivity index (χ0v) is 12.6. The fraction of sp³-hybridized carbons (Fsp3) is 0.438. The molecule has 0 saturated heterocycles. The Bertz CT molecular complexity index is 612. The van der Waals surface area contributed by atoms with Gasteiger partial charge < -0.3 is 15.7 Å². The van der Waals surface area contributed by atoms with Gasteiger partial charge >= 0.3 is 5.97 Å². The first-order valence-electron chi connectivity index (χ1n) is 7.52. The summed E-state index contributed by atoms with van der Waals surface area (Å²) in [6, 6.07) is 5.55. The van der Waals surface area contributed by atoms with Crippen LogP contribution in [0, 0.1) is 5.82 Å². The molecule has 124 valence electrons. The van der Waals surface area contributed by atoms with Crippen molar-refractivity contribution in [1.29, 1.82) is 0 Å². The number of aliphatic carboxylic acids is 1. The molecule has 7 heteroatoms. The van der Waals surface area contributed by atoms with Gasteiger partial charge in [0.05, 0.1) is 5.56 Å². The predicted molar refractivity (Wildman–Crippen MR) is 80.3 cm³/mol. The zero-order chi connectivity index (χ0) is 16.9. The molecule has 1 aliphatic rings. The molecule has 1 aliphatic carbocycles. The van der Waals surface area contributed by atoms with Gasteiger partial charge in [-0.3, -0.25) is 9.59 Å². The maximum atomic E-state index is 13.4. The van der Waals surface area contributed by atoms with E-state index in [1.807, 2.05) is 0 Å². The number of halogens is 1. The Morgan fingerprint density at radius 2 is 1.83 bits per heavy atom. The van der Waals surface area contributed by atoms with Crippen LogP contribution in [-0.4, -0.2) is 35.0 Å². The Labute approximate surface area is 133 Å². The fourth-order valence-electron chi connectivity index (χ4n) is 2.73. The zero-order valence-electron chi connectivity index (χ0n) is 12.6. The number of carbonyl (C=O) groups is 3. The topological polar surface area (TPSA) is 95.5 Å². The van der Waals surface area contributed by atoms with Gasteiger partial charge in [-0.2, -0.15) is 0 Å². The van der Waals surface area contributed by atoms with Gasteiger partial charge in [0.1, 0.15) is 11.4 Å². The Balaban J connectivity index is 1.82. The van der Waals surface area contributed by atoms with E-state index < -0.39 is 29.1 Å². The second-order valence-corrected chi connectivity index (χ2v) is 5.63. The standard InChI is InChI=1S/C16H19FN2O4/c17-12-6-2-1-5-11(12)14(21)18-10-7-13(20)19-16(15(22)23)8-3-4-9-16/h1-2,5-6H,3-4,7-10H2,(H,18,21)(H,19,20)(H,22,23). The van der Waals surface area contributed by atoms with Gasteiger partial charge in [0.15, 0.2) is 0 Å². The van der Waals surface area contributed by atoms with Crippen LogP contribution in [0.5, 0.6) is 0 Å². The highest BCUT2D eigenvalue weighted by molar-refractivity contribution is 5.94. The number of nitrogens with one attached hydrogen (secondary N) is 2. The molecule has 0 unspecified atom stereocenters. The average molecular weight is 322 g/mol. The first kappa shape index (κ1) is 16.9. The summed E-state index contributed by atoms with van der Waals surface area (Å²) in [7, 11) is 0. The van der Waals surface area contributed by atoms with E-state index in [0.717, 1.165) is 12.8 Å². The number of amides is 2. The van der Waals surface area contributed by atoms with Crippen molar-refractivity contribution in [3.63, 3.8) is 0 Å². The molecular weight excluding hydrogens is 303 g/mol. The first-order valence-corrected chi connectivity index (χ1v) is 7.52. The largest absolute Gasteiger partial charge is 0.480 e. The highest BCUT2D eigenvalue weighted by Crippen LogP contribution is 2.29. The third-order valence-electron chi connectivity index (χ3n) is 4.00. The van der Waals surface area contributed by atoms with E-state index in [2.05, 4.69) is 10.6 Å². The summed E-state index contributed by atoms with van der Waals surface area (Å²) < 4.78 is 13.4. The molecule has 2 rings (SSSR count). The van der Waals surface area contributed by atoms with Crippen LogP contribution in [0.15, 0.2) is 24.3 Å². The molecule has 23 heavy (non-hydrogen) atoms. The summed E-state index contributed by atoms with van der Waals surface area (Å²) in [6.45, 7) is 0.00863. The van der Waals surface area contributed by atoms with E-state index in [4.69, 9.17) is 0 Å². The quantitative estimate of drug-likeness (QED) is 0.739. The maximum absolute atomic E-state index is 13.4. The molecule has 3 N–H and O–H groups in total. The van der Waals surface area contributed by atoms with Gasteiger partial charge in [-0.15, -0.1) is 0 Å². The Kier molecular flexibility index (Phi) is 5.31. The summed E-state index contributed by atoms with van der Waals surface area (Å²) in [5.74, 6) is -2.71. The molecule has 0 radical (unpaired) electrons. The van der Waals surface area contributed by atoms with Crippen LogP contribution in [0.1, 0.15) is 42.5 Å². The Hall–Kier alpha value is -2.44. The van der Waals surface area contributed by atoms with Crippen LogP contribution in [0.4, 0.5) is 4.39 Å². The van der Waals surface area contributed by atoms with Crippen molar-refractivity contribution < 1.29 is 23.9 Å². The highest BCUT2D eigenvalue weighted by Gasteiger charge is 2.42. The van der Waals surface area contributed by atoms with E-state index in [1.165, 1.54) is 18.2 Å². The normalized spacial score (nSPS) is 15.9. The van der Waals surface area contributed by atoms with Crippen molar-refractivity contribution in [2.75, 3.05) is 6.54 Å². The lowest BCUT2D eigenvalue weighted by atomic mass is 9.97. The van der Waals surface area contributed by atoms with E-state index in [-0.39, 0.29) is 18.5 Å². The van der Waals surface area contributed by atoms with Crippen LogP contribution in [0.25, 0.3) is 0 Å². The minimum absolute atomic E-state index is 0.00863. The Morgan fingerprint density at radius 1 is 1.17 bits per heavy atom. The smallest absolute Gasteiger partial charge is 0.329 e. The third kappa shape index (κ3) is 4.06. The van der Waals surface area contributed by atoms with Gasteiger partial charge in [-0.05, 0) is 25.0 Å². The van der Waals surface area contributed by atoms with Gasteiger partial charge in [0.25, 0.3) is 5.91 Å². The molecule has 1 fully saturated rings. The van der Waals surface area contributed by atoms with Crippen LogP contribution in [-0.2, 0) is 9.59 Å². The second-order valence-electron chi connectivity index (χ2n) is 5.63. The number of carboxylic acid groups (broad SMARTS) is 1. The third-order valence-corrected chi connectivity index (χ3v) is 4.00. The minimum Gasteiger partial charge on any atom is -0.480 e.